The summed E-state index contributed by atoms with van der Waals surface area (Å²) in [6.45, 7) is 4.37. The minimum Gasteiger partial charge on any atom is -0.376 e. The standard InChI is InChI=1S/C17H22N4/c1-14(16-7-3-4-10-18-16)20-15-8-9-17(19-13-15)21-11-5-2-6-12-21/h3-4,7-10,13-14,20H,2,5-6,11-12H2,1H3. The second-order valence-corrected chi connectivity index (χ2v) is 5.57. The highest BCUT2D eigenvalue weighted by Gasteiger charge is 2.12. The van der Waals surface area contributed by atoms with E-state index in [2.05, 4.69) is 39.2 Å². The fraction of sp³-hybridized carbons (Fsp3) is 0.412. The van der Waals surface area contributed by atoms with E-state index in [1.165, 1.54) is 19.3 Å². The third kappa shape index (κ3) is 3.51. The summed E-state index contributed by atoms with van der Waals surface area (Å²) < 4.78 is 0. The smallest absolute Gasteiger partial charge is 0.128 e. The first-order valence-electron chi connectivity index (χ1n) is 7.71. The van der Waals surface area contributed by atoms with Crippen molar-refractivity contribution in [3.63, 3.8) is 0 Å². The van der Waals surface area contributed by atoms with Crippen LogP contribution in [-0.2, 0) is 0 Å². The van der Waals surface area contributed by atoms with Crippen LogP contribution in [0.3, 0.4) is 0 Å². The molecule has 4 heteroatoms. The van der Waals surface area contributed by atoms with Gasteiger partial charge in [0.05, 0.1) is 23.6 Å². The summed E-state index contributed by atoms with van der Waals surface area (Å²) in [4.78, 5) is 11.3. The van der Waals surface area contributed by atoms with Gasteiger partial charge in [-0.15, -0.1) is 0 Å². The first-order valence-corrected chi connectivity index (χ1v) is 7.71. The number of hydrogen-bond donors (Lipinski definition) is 1. The fourth-order valence-corrected chi connectivity index (χ4v) is 2.74. The molecule has 2 aromatic rings. The van der Waals surface area contributed by atoms with E-state index in [1.807, 2.05) is 30.6 Å². The molecule has 0 saturated carbocycles. The van der Waals surface area contributed by atoms with Crippen molar-refractivity contribution < 1.29 is 0 Å². The van der Waals surface area contributed by atoms with Gasteiger partial charge in [0.1, 0.15) is 5.82 Å². The van der Waals surface area contributed by atoms with Crippen molar-refractivity contribution in [2.24, 2.45) is 0 Å². The molecule has 0 aliphatic carbocycles. The van der Waals surface area contributed by atoms with Gasteiger partial charge in [0.25, 0.3) is 0 Å². The van der Waals surface area contributed by atoms with Gasteiger partial charge in [-0.05, 0) is 50.5 Å². The van der Waals surface area contributed by atoms with Crippen molar-refractivity contribution in [2.45, 2.75) is 32.2 Å². The first-order chi connectivity index (χ1) is 10.3. The summed E-state index contributed by atoms with van der Waals surface area (Å²) in [7, 11) is 0. The first kappa shape index (κ1) is 13.9. The van der Waals surface area contributed by atoms with E-state index in [0.717, 1.165) is 30.3 Å². The molecule has 1 saturated heterocycles. The van der Waals surface area contributed by atoms with Gasteiger partial charge >= 0.3 is 0 Å². The van der Waals surface area contributed by atoms with Crippen LogP contribution in [0, 0.1) is 0 Å². The molecule has 110 valence electrons. The van der Waals surface area contributed by atoms with E-state index < -0.39 is 0 Å². The average molecular weight is 282 g/mol. The van der Waals surface area contributed by atoms with E-state index in [4.69, 9.17) is 0 Å². The third-order valence-corrected chi connectivity index (χ3v) is 3.94. The zero-order valence-electron chi connectivity index (χ0n) is 12.5. The van der Waals surface area contributed by atoms with Crippen molar-refractivity contribution in [3.05, 3.63) is 48.4 Å². The molecule has 0 radical (unpaired) electrons. The lowest BCUT2D eigenvalue weighted by atomic mass is 10.1. The molecular formula is C17H22N4. The number of anilines is 2. The van der Waals surface area contributed by atoms with Crippen molar-refractivity contribution in [3.8, 4) is 0 Å². The Balaban J connectivity index is 1.64. The number of pyridine rings is 2. The van der Waals surface area contributed by atoms with E-state index >= 15 is 0 Å². The van der Waals surface area contributed by atoms with Crippen molar-refractivity contribution in [1.29, 1.82) is 0 Å². The molecule has 0 spiro atoms. The van der Waals surface area contributed by atoms with E-state index in [0.29, 0.717) is 0 Å². The molecule has 3 rings (SSSR count). The lowest BCUT2D eigenvalue weighted by Crippen LogP contribution is -2.30. The molecule has 2 aromatic heterocycles. The maximum atomic E-state index is 4.59. The number of piperidine rings is 1. The Morgan fingerprint density at radius 3 is 2.57 bits per heavy atom. The van der Waals surface area contributed by atoms with E-state index in [9.17, 15) is 0 Å². The molecule has 1 N–H and O–H groups in total. The van der Waals surface area contributed by atoms with Gasteiger partial charge in [-0.2, -0.15) is 0 Å². The number of nitrogens with one attached hydrogen (secondary N) is 1. The van der Waals surface area contributed by atoms with Gasteiger partial charge in [0.2, 0.25) is 0 Å². The molecule has 21 heavy (non-hydrogen) atoms. The molecule has 1 atom stereocenters. The Morgan fingerprint density at radius 1 is 1.05 bits per heavy atom. The SMILES string of the molecule is CC(Nc1ccc(N2CCCCC2)nc1)c1ccccn1. The molecule has 0 amide bonds. The second kappa shape index (κ2) is 6.57. The normalized spacial score (nSPS) is 16.5. The van der Waals surface area contributed by atoms with Crippen LogP contribution in [0.15, 0.2) is 42.7 Å². The summed E-state index contributed by atoms with van der Waals surface area (Å²) in [6, 6.07) is 10.4. The highest BCUT2D eigenvalue weighted by Crippen LogP contribution is 2.21. The quantitative estimate of drug-likeness (QED) is 0.929. The van der Waals surface area contributed by atoms with Gasteiger partial charge < -0.3 is 10.2 Å². The van der Waals surface area contributed by atoms with E-state index in [-0.39, 0.29) is 6.04 Å². The molecule has 1 aliphatic rings. The molecule has 4 nitrogen and oxygen atoms in total. The predicted molar refractivity (Wildman–Crippen MR) is 86.6 cm³/mol. The van der Waals surface area contributed by atoms with Crippen LogP contribution in [0.1, 0.15) is 37.9 Å². The van der Waals surface area contributed by atoms with Crippen LogP contribution in [0.2, 0.25) is 0 Å². The number of hydrogen-bond acceptors (Lipinski definition) is 4. The van der Waals surface area contributed by atoms with Crippen molar-refractivity contribution in [2.75, 3.05) is 23.3 Å². The summed E-state index contributed by atoms with van der Waals surface area (Å²) in [5.74, 6) is 1.09. The van der Waals surface area contributed by atoms with Crippen LogP contribution in [0.25, 0.3) is 0 Å². The highest BCUT2D eigenvalue weighted by molar-refractivity contribution is 5.49. The maximum absolute atomic E-state index is 4.59. The highest BCUT2D eigenvalue weighted by atomic mass is 15.2. The number of aromatic nitrogens is 2. The van der Waals surface area contributed by atoms with Crippen LogP contribution >= 0.6 is 0 Å². The fourth-order valence-electron chi connectivity index (χ4n) is 2.74. The molecule has 1 fully saturated rings. The lowest BCUT2D eigenvalue weighted by molar-refractivity contribution is 0.573. The van der Waals surface area contributed by atoms with Gasteiger partial charge in [-0.1, -0.05) is 6.07 Å². The lowest BCUT2D eigenvalue weighted by Gasteiger charge is -2.27. The zero-order chi connectivity index (χ0) is 14.5. The Bertz CT molecular complexity index is 547. The van der Waals surface area contributed by atoms with Crippen molar-refractivity contribution >= 4 is 11.5 Å². The Morgan fingerprint density at radius 2 is 1.90 bits per heavy atom. The predicted octanol–water partition coefficient (Wildman–Crippen LogP) is 3.64. The summed E-state index contributed by atoms with van der Waals surface area (Å²) in [5, 5.41) is 3.44. The minimum absolute atomic E-state index is 0.175. The van der Waals surface area contributed by atoms with Crippen LogP contribution in [0.4, 0.5) is 11.5 Å². The van der Waals surface area contributed by atoms with Crippen LogP contribution in [0.5, 0.6) is 0 Å². The average Bonchev–Trinajstić information content (AvgIpc) is 2.57. The molecular weight excluding hydrogens is 260 g/mol. The monoisotopic (exact) mass is 282 g/mol. The van der Waals surface area contributed by atoms with Gasteiger partial charge in [-0.25, -0.2) is 4.98 Å². The van der Waals surface area contributed by atoms with E-state index in [1.54, 1.807) is 0 Å². The zero-order valence-corrected chi connectivity index (χ0v) is 12.5. The van der Waals surface area contributed by atoms with Crippen LogP contribution in [-0.4, -0.2) is 23.1 Å². The number of nitrogens with zero attached hydrogens (tertiary/aromatic N) is 3. The third-order valence-electron chi connectivity index (χ3n) is 3.94. The summed E-state index contributed by atoms with van der Waals surface area (Å²) in [5.41, 5.74) is 2.08. The Hall–Kier alpha value is -2.10. The van der Waals surface area contributed by atoms with Crippen LogP contribution < -0.4 is 10.2 Å². The Labute approximate surface area is 126 Å². The largest absolute Gasteiger partial charge is 0.376 e. The number of rotatable bonds is 4. The molecule has 0 bridgehead atoms. The molecule has 0 aromatic carbocycles. The van der Waals surface area contributed by atoms with Gasteiger partial charge in [-0.3, -0.25) is 4.98 Å². The van der Waals surface area contributed by atoms with Gasteiger partial charge in [0.15, 0.2) is 0 Å². The molecule has 1 unspecified atom stereocenters. The van der Waals surface area contributed by atoms with Crippen molar-refractivity contribution in [1.82, 2.24) is 9.97 Å². The maximum Gasteiger partial charge on any atom is 0.128 e. The summed E-state index contributed by atoms with van der Waals surface area (Å²) in [6.07, 6.45) is 7.64. The second-order valence-electron chi connectivity index (χ2n) is 5.57. The Kier molecular flexibility index (Phi) is 4.34. The molecule has 1 aliphatic heterocycles. The summed E-state index contributed by atoms with van der Waals surface area (Å²) >= 11 is 0. The van der Waals surface area contributed by atoms with Gasteiger partial charge in [0, 0.05) is 19.3 Å². The molecule has 3 heterocycles. The topological polar surface area (TPSA) is 41.0 Å². The minimum atomic E-state index is 0.175.